The van der Waals surface area contributed by atoms with Gasteiger partial charge in [-0.25, -0.2) is 8.42 Å². The van der Waals surface area contributed by atoms with Crippen LogP contribution in [0.5, 0.6) is 5.75 Å². The van der Waals surface area contributed by atoms with Gasteiger partial charge in [0.2, 0.25) is 0 Å². The number of anilines is 2. The summed E-state index contributed by atoms with van der Waals surface area (Å²) >= 11 is 0. The van der Waals surface area contributed by atoms with Gasteiger partial charge in [0, 0.05) is 6.54 Å². The monoisotopic (exact) mass is 398 g/mol. The molecule has 146 valence electrons. The van der Waals surface area contributed by atoms with E-state index in [-0.39, 0.29) is 16.5 Å². The lowest BCUT2D eigenvalue weighted by molar-refractivity contribution is 0.402. The molecule has 0 radical (unpaired) electrons. The zero-order valence-corrected chi connectivity index (χ0v) is 16.7. The number of methoxy groups -OCH3 is 1. The number of aryl methyl sites for hydroxylation is 2. The number of sulfonamides is 1. The van der Waals surface area contributed by atoms with Crippen LogP contribution in [0.2, 0.25) is 0 Å². The van der Waals surface area contributed by atoms with E-state index in [1.54, 1.807) is 30.3 Å². The quantitative estimate of drug-likeness (QED) is 0.633. The Balaban J connectivity index is 1.69. The van der Waals surface area contributed by atoms with Crippen LogP contribution < -0.4 is 14.8 Å². The molecule has 0 saturated carbocycles. The Morgan fingerprint density at radius 3 is 2.18 bits per heavy atom. The molecule has 28 heavy (non-hydrogen) atoms. The van der Waals surface area contributed by atoms with E-state index in [9.17, 15) is 8.42 Å². The van der Waals surface area contributed by atoms with Gasteiger partial charge >= 0.3 is 0 Å². The van der Waals surface area contributed by atoms with Crippen molar-refractivity contribution in [3.05, 3.63) is 71.3 Å². The average Bonchev–Trinajstić information content (AvgIpc) is 2.68. The summed E-state index contributed by atoms with van der Waals surface area (Å²) in [6.07, 6.45) is 0. The van der Waals surface area contributed by atoms with Crippen LogP contribution in [0.25, 0.3) is 0 Å². The van der Waals surface area contributed by atoms with Crippen molar-refractivity contribution in [2.24, 2.45) is 0 Å². The highest BCUT2D eigenvalue weighted by Crippen LogP contribution is 2.26. The largest absolute Gasteiger partial charge is 0.495 e. The maximum absolute atomic E-state index is 12.7. The zero-order chi connectivity index (χ0) is 20.1. The standard InChI is InChI=1S/C20H22N4O3S/c1-14-4-7-16(8-5-14)13-21-19-10-11-20(23-22-19)24-28(25,26)18-12-15(2)6-9-17(18)27-3/h4-12H,13H2,1-3H3,(H,21,22)(H,23,24). The number of rotatable bonds is 7. The third-order valence-electron chi connectivity index (χ3n) is 4.11. The van der Waals surface area contributed by atoms with E-state index in [1.807, 2.05) is 38.1 Å². The first kappa shape index (κ1) is 19.6. The van der Waals surface area contributed by atoms with Crippen molar-refractivity contribution in [1.82, 2.24) is 10.2 Å². The second-order valence-corrected chi connectivity index (χ2v) is 8.05. The van der Waals surface area contributed by atoms with Crippen molar-refractivity contribution in [2.45, 2.75) is 25.3 Å². The van der Waals surface area contributed by atoms with E-state index in [0.717, 1.165) is 11.1 Å². The molecule has 0 saturated heterocycles. The molecule has 0 aliphatic heterocycles. The minimum atomic E-state index is -3.85. The van der Waals surface area contributed by atoms with Crippen molar-refractivity contribution in [2.75, 3.05) is 17.1 Å². The summed E-state index contributed by atoms with van der Waals surface area (Å²) in [4.78, 5) is 0.0540. The highest BCUT2D eigenvalue weighted by Gasteiger charge is 2.20. The van der Waals surface area contributed by atoms with Crippen LogP contribution in [-0.4, -0.2) is 25.7 Å². The van der Waals surface area contributed by atoms with Gasteiger partial charge in [0.25, 0.3) is 10.0 Å². The molecule has 0 unspecified atom stereocenters. The Hall–Kier alpha value is -3.13. The van der Waals surface area contributed by atoms with E-state index in [4.69, 9.17) is 4.74 Å². The minimum absolute atomic E-state index is 0.0540. The molecule has 7 nitrogen and oxygen atoms in total. The molecule has 0 atom stereocenters. The van der Waals surface area contributed by atoms with Crippen LogP contribution in [0.4, 0.5) is 11.6 Å². The van der Waals surface area contributed by atoms with Crippen LogP contribution in [-0.2, 0) is 16.6 Å². The van der Waals surface area contributed by atoms with Crippen LogP contribution >= 0.6 is 0 Å². The van der Waals surface area contributed by atoms with Gasteiger partial charge in [-0.15, -0.1) is 10.2 Å². The van der Waals surface area contributed by atoms with E-state index < -0.39 is 10.0 Å². The normalized spacial score (nSPS) is 11.1. The lowest BCUT2D eigenvalue weighted by Gasteiger charge is -2.12. The molecule has 0 fully saturated rings. The van der Waals surface area contributed by atoms with Crippen LogP contribution in [0.15, 0.2) is 59.5 Å². The Morgan fingerprint density at radius 2 is 1.54 bits per heavy atom. The summed E-state index contributed by atoms with van der Waals surface area (Å²) in [5, 5.41) is 11.1. The Bertz CT molecular complexity index is 1050. The van der Waals surface area contributed by atoms with Gasteiger partial charge in [-0.3, -0.25) is 4.72 Å². The lowest BCUT2D eigenvalue weighted by atomic mass is 10.1. The van der Waals surface area contributed by atoms with E-state index in [1.165, 1.54) is 12.7 Å². The first-order valence-electron chi connectivity index (χ1n) is 8.68. The first-order valence-corrected chi connectivity index (χ1v) is 10.2. The van der Waals surface area contributed by atoms with Gasteiger partial charge < -0.3 is 10.1 Å². The number of hydrogen-bond acceptors (Lipinski definition) is 6. The summed E-state index contributed by atoms with van der Waals surface area (Å²) in [5.41, 5.74) is 3.12. The lowest BCUT2D eigenvalue weighted by Crippen LogP contribution is -2.15. The molecule has 2 N–H and O–H groups in total. The topological polar surface area (TPSA) is 93.2 Å². The maximum Gasteiger partial charge on any atom is 0.266 e. The number of aromatic nitrogens is 2. The van der Waals surface area contributed by atoms with Crippen molar-refractivity contribution >= 4 is 21.7 Å². The second-order valence-electron chi connectivity index (χ2n) is 6.40. The van der Waals surface area contributed by atoms with Crippen LogP contribution in [0.1, 0.15) is 16.7 Å². The smallest absolute Gasteiger partial charge is 0.266 e. The highest BCUT2D eigenvalue weighted by molar-refractivity contribution is 7.92. The number of ether oxygens (including phenoxy) is 1. The first-order chi connectivity index (χ1) is 13.4. The molecule has 0 spiro atoms. The second kappa shape index (κ2) is 8.26. The Labute approximate surface area is 164 Å². The predicted octanol–water partition coefficient (Wildman–Crippen LogP) is 3.51. The third-order valence-corrected chi connectivity index (χ3v) is 5.48. The van der Waals surface area contributed by atoms with Gasteiger partial charge in [-0.2, -0.15) is 0 Å². The SMILES string of the molecule is COc1ccc(C)cc1S(=O)(=O)Nc1ccc(NCc2ccc(C)cc2)nn1. The van der Waals surface area contributed by atoms with Crippen molar-refractivity contribution < 1.29 is 13.2 Å². The number of hydrogen-bond donors (Lipinski definition) is 2. The third kappa shape index (κ3) is 4.77. The van der Waals surface area contributed by atoms with E-state index in [0.29, 0.717) is 12.4 Å². The van der Waals surface area contributed by atoms with Crippen molar-refractivity contribution in [3.63, 3.8) is 0 Å². The number of benzene rings is 2. The van der Waals surface area contributed by atoms with Crippen molar-refractivity contribution in [3.8, 4) is 5.75 Å². The zero-order valence-electron chi connectivity index (χ0n) is 15.9. The molecular formula is C20H22N4O3S. The van der Waals surface area contributed by atoms with Crippen LogP contribution in [0, 0.1) is 13.8 Å². The van der Waals surface area contributed by atoms with Gasteiger partial charge in [0.05, 0.1) is 7.11 Å². The molecule has 2 aromatic carbocycles. The Morgan fingerprint density at radius 1 is 0.893 bits per heavy atom. The van der Waals surface area contributed by atoms with E-state index in [2.05, 4.69) is 20.2 Å². The summed E-state index contributed by atoms with van der Waals surface area (Å²) < 4.78 is 33.0. The Kier molecular flexibility index (Phi) is 5.79. The van der Waals surface area contributed by atoms with Gasteiger partial charge in [-0.1, -0.05) is 35.9 Å². The molecule has 0 amide bonds. The summed E-state index contributed by atoms with van der Waals surface area (Å²) in [6, 6.07) is 16.3. The molecule has 3 aromatic rings. The average molecular weight is 398 g/mol. The fraction of sp³-hybridized carbons (Fsp3) is 0.200. The minimum Gasteiger partial charge on any atom is -0.495 e. The molecule has 0 aliphatic carbocycles. The predicted molar refractivity (Wildman–Crippen MR) is 109 cm³/mol. The fourth-order valence-corrected chi connectivity index (χ4v) is 3.82. The van der Waals surface area contributed by atoms with Gasteiger partial charge in [0.1, 0.15) is 16.5 Å². The molecule has 8 heteroatoms. The molecular weight excluding hydrogens is 376 g/mol. The van der Waals surface area contributed by atoms with E-state index >= 15 is 0 Å². The molecule has 1 heterocycles. The molecule has 3 rings (SSSR count). The fourth-order valence-electron chi connectivity index (χ4n) is 2.57. The number of nitrogens with zero attached hydrogens (tertiary/aromatic N) is 2. The molecule has 0 bridgehead atoms. The van der Waals surface area contributed by atoms with Gasteiger partial charge in [-0.05, 0) is 49.2 Å². The van der Waals surface area contributed by atoms with Crippen molar-refractivity contribution in [1.29, 1.82) is 0 Å². The summed E-state index contributed by atoms with van der Waals surface area (Å²) in [7, 11) is -2.42. The molecule has 0 aliphatic rings. The molecule has 1 aromatic heterocycles. The van der Waals surface area contributed by atoms with Crippen LogP contribution in [0.3, 0.4) is 0 Å². The number of nitrogens with one attached hydrogen (secondary N) is 2. The summed E-state index contributed by atoms with van der Waals surface area (Å²) in [6.45, 7) is 4.45. The summed E-state index contributed by atoms with van der Waals surface area (Å²) in [5.74, 6) is 0.948. The maximum atomic E-state index is 12.7. The van der Waals surface area contributed by atoms with Gasteiger partial charge in [0.15, 0.2) is 5.82 Å². The highest BCUT2D eigenvalue weighted by atomic mass is 32.2.